The number of morpholine rings is 1. The van der Waals surface area contributed by atoms with Crippen LogP contribution >= 0.6 is 11.3 Å². The molecule has 2 aromatic rings. The Hall–Kier alpha value is -2.47. The van der Waals surface area contributed by atoms with Crippen LogP contribution in [0.3, 0.4) is 0 Å². The van der Waals surface area contributed by atoms with Crippen LogP contribution in [0.2, 0.25) is 0 Å². The third-order valence-corrected chi connectivity index (χ3v) is 8.42. The van der Waals surface area contributed by atoms with Crippen molar-refractivity contribution in [2.45, 2.75) is 30.7 Å². The first kappa shape index (κ1) is 23.7. The van der Waals surface area contributed by atoms with Crippen LogP contribution in [0.4, 0.5) is 5.69 Å². The molecule has 2 aliphatic heterocycles. The Labute approximate surface area is 197 Å². The number of sulfonamides is 1. The molecular weight excluding hydrogens is 466 g/mol. The van der Waals surface area contributed by atoms with Gasteiger partial charge in [-0.3, -0.25) is 9.59 Å². The Morgan fingerprint density at radius 2 is 2.00 bits per heavy atom. The van der Waals surface area contributed by atoms with Gasteiger partial charge in [-0.1, -0.05) is 6.07 Å². The molecule has 1 aromatic heterocycles. The first-order valence-corrected chi connectivity index (χ1v) is 13.2. The Morgan fingerprint density at radius 3 is 2.70 bits per heavy atom. The number of anilines is 1. The number of carbonyl (C=O) groups is 2. The number of rotatable bonds is 7. The van der Waals surface area contributed by atoms with E-state index in [0.717, 1.165) is 6.42 Å². The quantitative estimate of drug-likeness (QED) is 0.635. The summed E-state index contributed by atoms with van der Waals surface area (Å²) in [6.07, 6.45) is 1.26. The highest BCUT2D eigenvalue weighted by Crippen LogP contribution is 2.31. The fraction of sp³-hybridized carbons (Fsp3) is 0.455. The minimum absolute atomic E-state index is 0.0705. The van der Waals surface area contributed by atoms with Crippen LogP contribution < -0.4 is 10.1 Å². The number of ether oxygens (including phenoxy) is 2. The van der Waals surface area contributed by atoms with Crippen molar-refractivity contribution in [3.05, 3.63) is 40.6 Å². The van der Waals surface area contributed by atoms with E-state index in [-0.39, 0.29) is 35.5 Å². The number of nitrogens with one attached hydrogen (secondary N) is 1. The van der Waals surface area contributed by atoms with E-state index in [9.17, 15) is 18.0 Å². The molecular formula is C22H27N3O6S2. The summed E-state index contributed by atoms with van der Waals surface area (Å²) in [4.78, 5) is 28.3. The molecule has 2 aliphatic rings. The van der Waals surface area contributed by atoms with E-state index >= 15 is 0 Å². The largest absolute Gasteiger partial charge is 0.492 e. The van der Waals surface area contributed by atoms with Gasteiger partial charge < -0.3 is 19.7 Å². The molecule has 9 nitrogen and oxygen atoms in total. The lowest BCUT2D eigenvalue weighted by molar-refractivity contribution is -0.119. The van der Waals surface area contributed by atoms with Crippen LogP contribution in [0.5, 0.6) is 5.75 Å². The van der Waals surface area contributed by atoms with Crippen molar-refractivity contribution < 1.29 is 27.5 Å². The molecule has 2 fully saturated rings. The average molecular weight is 494 g/mol. The molecule has 0 radical (unpaired) electrons. The maximum atomic E-state index is 13.2. The van der Waals surface area contributed by atoms with Crippen LogP contribution in [0.25, 0.3) is 0 Å². The highest BCUT2D eigenvalue weighted by molar-refractivity contribution is 7.89. The van der Waals surface area contributed by atoms with Gasteiger partial charge in [-0.05, 0) is 49.4 Å². The number of carbonyl (C=O) groups excluding carboxylic acids is 2. The Kier molecular flexibility index (Phi) is 7.32. The second kappa shape index (κ2) is 10.2. The van der Waals surface area contributed by atoms with Crippen molar-refractivity contribution in [2.75, 3.05) is 44.8 Å². The molecule has 1 aromatic carbocycles. The predicted octanol–water partition coefficient (Wildman–Crippen LogP) is 2.41. The van der Waals surface area contributed by atoms with Crippen molar-refractivity contribution >= 4 is 38.9 Å². The zero-order valence-corrected chi connectivity index (χ0v) is 20.0. The van der Waals surface area contributed by atoms with Gasteiger partial charge in [0, 0.05) is 19.6 Å². The van der Waals surface area contributed by atoms with Gasteiger partial charge in [-0.25, -0.2) is 8.42 Å². The Bertz CT molecular complexity index is 1100. The lowest BCUT2D eigenvalue weighted by atomic mass is 10.2. The number of amides is 2. The molecule has 1 unspecified atom stereocenters. The minimum atomic E-state index is -3.74. The number of nitrogens with zero attached hydrogens (tertiary/aromatic N) is 2. The summed E-state index contributed by atoms with van der Waals surface area (Å²) in [5.41, 5.74) is 0.270. The standard InChI is InChI=1S/C22H27N3O6S2/c1-2-31-19-8-7-16(33(28,29)24-10-12-30-13-11-24)15-17(19)23-21(26)18-5-3-9-25(18)22(27)20-6-4-14-32-20/h4,6-8,14-15,18H,2-3,5,9-13H2,1H3,(H,23,26). The molecule has 11 heteroatoms. The first-order valence-electron chi connectivity index (χ1n) is 10.9. The molecule has 0 aliphatic carbocycles. The second-order valence-electron chi connectivity index (χ2n) is 7.73. The monoisotopic (exact) mass is 493 g/mol. The molecule has 2 amide bonds. The van der Waals surface area contributed by atoms with E-state index in [1.165, 1.54) is 27.8 Å². The van der Waals surface area contributed by atoms with Gasteiger partial charge in [0.1, 0.15) is 11.8 Å². The van der Waals surface area contributed by atoms with Crippen molar-refractivity contribution in [2.24, 2.45) is 0 Å². The summed E-state index contributed by atoms with van der Waals surface area (Å²) in [7, 11) is -3.74. The SMILES string of the molecule is CCOc1ccc(S(=O)(=O)N2CCOCC2)cc1NC(=O)C1CCCN1C(=O)c1cccs1. The fourth-order valence-electron chi connectivity index (χ4n) is 4.02. The molecule has 1 N–H and O–H groups in total. The van der Waals surface area contributed by atoms with E-state index < -0.39 is 16.1 Å². The summed E-state index contributed by atoms with van der Waals surface area (Å²) in [5, 5.41) is 4.65. The zero-order valence-electron chi connectivity index (χ0n) is 18.4. The van der Waals surface area contributed by atoms with Gasteiger partial charge in [0.15, 0.2) is 0 Å². The molecule has 2 saturated heterocycles. The summed E-state index contributed by atoms with van der Waals surface area (Å²) in [6.45, 7) is 3.90. The number of hydrogen-bond acceptors (Lipinski definition) is 7. The van der Waals surface area contributed by atoms with Gasteiger partial charge in [0.25, 0.3) is 5.91 Å². The van der Waals surface area contributed by atoms with Gasteiger partial charge >= 0.3 is 0 Å². The van der Waals surface area contributed by atoms with E-state index in [2.05, 4.69) is 5.32 Å². The molecule has 1 atom stereocenters. The number of thiophene rings is 1. The van der Waals surface area contributed by atoms with Gasteiger partial charge in [-0.15, -0.1) is 11.3 Å². The number of hydrogen-bond donors (Lipinski definition) is 1. The third-order valence-electron chi connectivity index (χ3n) is 5.66. The third kappa shape index (κ3) is 5.06. The van der Waals surface area contributed by atoms with Gasteiger partial charge in [0.2, 0.25) is 15.9 Å². The Morgan fingerprint density at radius 1 is 1.21 bits per heavy atom. The van der Waals surface area contributed by atoms with E-state index in [0.29, 0.717) is 43.4 Å². The van der Waals surface area contributed by atoms with Gasteiger partial charge in [-0.2, -0.15) is 4.31 Å². The van der Waals surface area contributed by atoms with Crippen LogP contribution in [0.1, 0.15) is 29.4 Å². The van der Waals surface area contributed by atoms with Crippen LogP contribution in [0.15, 0.2) is 40.6 Å². The summed E-state index contributed by atoms with van der Waals surface area (Å²) in [6, 6.07) is 7.37. The molecule has 0 bridgehead atoms. The Balaban J connectivity index is 1.57. The molecule has 3 heterocycles. The zero-order chi connectivity index (χ0) is 23.4. The molecule has 0 spiro atoms. The first-order chi connectivity index (χ1) is 15.9. The summed E-state index contributed by atoms with van der Waals surface area (Å²) in [5.74, 6) is -0.156. The highest BCUT2D eigenvalue weighted by atomic mass is 32.2. The topological polar surface area (TPSA) is 105 Å². The van der Waals surface area contributed by atoms with Crippen molar-refractivity contribution in [3.8, 4) is 5.75 Å². The normalized spacial score (nSPS) is 19.4. The molecule has 4 rings (SSSR count). The maximum Gasteiger partial charge on any atom is 0.264 e. The molecule has 178 valence electrons. The lowest BCUT2D eigenvalue weighted by Gasteiger charge is -2.27. The molecule has 33 heavy (non-hydrogen) atoms. The van der Waals surface area contributed by atoms with E-state index in [4.69, 9.17) is 9.47 Å². The van der Waals surface area contributed by atoms with E-state index in [1.807, 2.05) is 12.3 Å². The minimum Gasteiger partial charge on any atom is -0.492 e. The summed E-state index contributed by atoms with van der Waals surface area (Å²) < 4.78 is 38.4. The highest BCUT2D eigenvalue weighted by Gasteiger charge is 2.35. The average Bonchev–Trinajstić information content (AvgIpc) is 3.53. The second-order valence-corrected chi connectivity index (χ2v) is 10.6. The number of likely N-dealkylation sites (tertiary alicyclic amines) is 1. The van der Waals surface area contributed by atoms with Crippen LogP contribution in [-0.2, 0) is 19.6 Å². The van der Waals surface area contributed by atoms with E-state index in [1.54, 1.807) is 23.1 Å². The fourth-order valence-corrected chi connectivity index (χ4v) is 6.14. The maximum absolute atomic E-state index is 13.2. The van der Waals surface area contributed by atoms with Crippen LogP contribution in [-0.4, -0.2) is 74.9 Å². The van der Waals surface area contributed by atoms with Crippen molar-refractivity contribution in [3.63, 3.8) is 0 Å². The van der Waals surface area contributed by atoms with Crippen molar-refractivity contribution in [1.29, 1.82) is 0 Å². The van der Waals surface area contributed by atoms with Crippen molar-refractivity contribution in [1.82, 2.24) is 9.21 Å². The predicted molar refractivity (Wildman–Crippen MR) is 124 cm³/mol. The summed E-state index contributed by atoms with van der Waals surface area (Å²) >= 11 is 1.34. The van der Waals surface area contributed by atoms with Gasteiger partial charge in [0.05, 0.1) is 35.3 Å². The molecule has 0 saturated carbocycles. The number of benzene rings is 1. The van der Waals surface area contributed by atoms with Crippen LogP contribution in [0, 0.1) is 0 Å². The smallest absolute Gasteiger partial charge is 0.264 e. The lowest BCUT2D eigenvalue weighted by Crippen LogP contribution is -2.43.